The van der Waals surface area contributed by atoms with Gasteiger partial charge in [0.2, 0.25) is 0 Å². The zero-order valence-electron chi connectivity index (χ0n) is 12.9. The third-order valence-corrected chi connectivity index (χ3v) is 4.47. The highest BCUT2D eigenvalue weighted by Gasteiger charge is 2.19. The molecule has 0 bridgehead atoms. The molecule has 1 aromatic carbocycles. The molecule has 21 heavy (non-hydrogen) atoms. The average molecular weight is 284 g/mol. The van der Waals surface area contributed by atoms with Crippen molar-refractivity contribution < 1.29 is 0 Å². The van der Waals surface area contributed by atoms with E-state index in [1.54, 1.807) is 0 Å². The van der Waals surface area contributed by atoms with Crippen LogP contribution in [0.3, 0.4) is 0 Å². The van der Waals surface area contributed by atoms with Crippen LogP contribution in [0.15, 0.2) is 24.3 Å². The minimum atomic E-state index is 0.523. The van der Waals surface area contributed by atoms with Gasteiger partial charge in [0.05, 0.1) is 0 Å². The van der Waals surface area contributed by atoms with E-state index in [4.69, 9.17) is 0 Å². The predicted octanol–water partition coefficient (Wildman–Crippen LogP) is 4.16. The van der Waals surface area contributed by atoms with Crippen LogP contribution in [0, 0.1) is 12.8 Å². The number of aromatic nitrogens is 3. The lowest BCUT2D eigenvalue weighted by molar-refractivity contribution is 0.328. The molecule has 1 aliphatic rings. The Morgan fingerprint density at radius 2 is 2.05 bits per heavy atom. The molecule has 3 rings (SSSR count). The lowest BCUT2D eigenvalue weighted by atomic mass is 9.84. The fourth-order valence-electron chi connectivity index (χ4n) is 3.23. The van der Waals surface area contributed by atoms with Gasteiger partial charge in [-0.2, -0.15) is 5.10 Å². The van der Waals surface area contributed by atoms with Crippen LogP contribution in [-0.4, -0.2) is 21.2 Å². The van der Waals surface area contributed by atoms with Crippen molar-refractivity contribution in [1.29, 1.82) is 0 Å². The highest BCUT2D eigenvalue weighted by Crippen LogP contribution is 2.28. The van der Waals surface area contributed by atoms with Gasteiger partial charge in [0.15, 0.2) is 5.82 Å². The van der Waals surface area contributed by atoms with E-state index >= 15 is 0 Å². The topological polar surface area (TPSA) is 53.6 Å². The van der Waals surface area contributed by atoms with E-state index in [-0.39, 0.29) is 0 Å². The first-order valence-corrected chi connectivity index (χ1v) is 7.98. The number of aryl methyl sites for hydroxylation is 1. The molecular weight excluding hydrogens is 260 g/mol. The van der Waals surface area contributed by atoms with Gasteiger partial charge in [-0.1, -0.05) is 31.4 Å². The summed E-state index contributed by atoms with van der Waals surface area (Å²) in [5, 5.41) is 10.8. The Morgan fingerprint density at radius 1 is 1.24 bits per heavy atom. The van der Waals surface area contributed by atoms with Gasteiger partial charge in [-0.25, -0.2) is 4.98 Å². The molecule has 1 heterocycles. The Balaban J connectivity index is 1.71. The first-order chi connectivity index (χ1) is 10.2. The summed E-state index contributed by atoms with van der Waals surface area (Å²) in [6.45, 7) is 4.23. The number of nitrogens with one attached hydrogen (secondary N) is 2. The van der Waals surface area contributed by atoms with E-state index in [0.29, 0.717) is 6.04 Å². The van der Waals surface area contributed by atoms with Crippen LogP contribution >= 0.6 is 0 Å². The van der Waals surface area contributed by atoms with Crippen molar-refractivity contribution in [2.45, 2.75) is 52.0 Å². The van der Waals surface area contributed by atoms with Gasteiger partial charge < -0.3 is 5.32 Å². The normalized spacial score (nSPS) is 17.6. The Morgan fingerprint density at radius 3 is 2.76 bits per heavy atom. The first kappa shape index (κ1) is 14.1. The fraction of sp³-hybridized carbons (Fsp3) is 0.529. The van der Waals surface area contributed by atoms with Gasteiger partial charge in [0, 0.05) is 17.3 Å². The van der Waals surface area contributed by atoms with Crippen molar-refractivity contribution in [3.05, 3.63) is 30.1 Å². The largest absolute Gasteiger partial charge is 0.382 e. The van der Waals surface area contributed by atoms with E-state index in [1.165, 1.54) is 32.1 Å². The molecule has 1 fully saturated rings. The van der Waals surface area contributed by atoms with Crippen LogP contribution in [-0.2, 0) is 0 Å². The molecule has 0 saturated heterocycles. The maximum absolute atomic E-state index is 4.40. The van der Waals surface area contributed by atoms with E-state index < -0.39 is 0 Å². The second kappa shape index (κ2) is 6.29. The number of rotatable bonds is 4. The quantitative estimate of drug-likeness (QED) is 0.886. The average Bonchev–Trinajstić information content (AvgIpc) is 2.95. The molecule has 1 unspecified atom stereocenters. The number of benzene rings is 1. The summed E-state index contributed by atoms with van der Waals surface area (Å²) in [6.07, 6.45) is 6.88. The highest BCUT2D eigenvalue weighted by atomic mass is 15.2. The summed E-state index contributed by atoms with van der Waals surface area (Å²) in [4.78, 5) is 4.40. The van der Waals surface area contributed by atoms with Crippen LogP contribution in [0.4, 0.5) is 5.69 Å². The molecule has 4 nitrogen and oxygen atoms in total. The molecule has 0 aliphatic heterocycles. The lowest BCUT2D eigenvalue weighted by Crippen LogP contribution is -2.27. The number of aromatic amines is 1. The Hall–Kier alpha value is -1.84. The molecular formula is C17H24N4. The van der Waals surface area contributed by atoms with Crippen LogP contribution in [0.5, 0.6) is 0 Å². The molecule has 112 valence electrons. The monoisotopic (exact) mass is 284 g/mol. The molecule has 0 radical (unpaired) electrons. The van der Waals surface area contributed by atoms with E-state index in [1.807, 2.05) is 6.92 Å². The molecule has 2 N–H and O–H groups in total. The van der Waals surface area contributed by atoms with Crippen molar-refractivity contribution in [2.24, 2.45) is 5.92 Å². The van der Waals surface area contributed by atoms with Gasteiger partial charge in [0.25, 0.3) is 0 Å². The maximum Gasteiger partial charge on any atom is 0.181 e. The van der Waals surface area contributed by atoms with Crippen LogP contribution in [0.1, 0.15) is 44.9 Å². The number of hydrogen-bond donors (Lipinski definition) is 2. The zero-order valence-corrected chi connectivity index (χ0v) is 12.9. The van der Waals surface area contributed by atoms with Gasteiger partial charge >= 0.3 is 0 Å². The zero-order chi connectivity index (χ0) is 14.7. The fourth-order valence-corrected chi connectivity index (χ4v) is 3.23. The standard InChI is InChI=1S/C17H24N4/c1-12(14-7-4-3-5-8-14)18-16-10-6-9-15(11-16)17-19-13(2)20-21-17/h6,9-12,14,18H,3-5,7-8H2,1-2H3,(H,19,20,21). The van der Waals surface area contributed by atoms with Crippen LogP contribution in [0.2, 0.25) is 0 Å². The number of anilines is 1. The smallest absolute Gasteiger partial charge is 0.181 e. The summed E-state index contributed by atoms with van der Waals surface area (Å²) < 4.78 is 0. The third kappa shape index (κ3) is 3.43. The molecule has 2 aromatic rings. The van der Waals surface area contributed by atoms with Crippen molar-refractivity contribution in [2.75, 3.05) is 5.32 Å². The second-order valence-electron chi connectivity index (χ2n) is 6.16. The van der Waals surface area contributed by atoms with Crippen molar-refractivity contribution in [3.63, 3.8) is 0 Å². The summed E-state index contributed by atoms with van der Waals surface area (Å²) in [5.41, 5.74) is 2.22. The molecule has 1 aliphatic carbocycles. The first-order valence-electron chi connectivity index (χ1n) is 7.98. The lowest BCUT2D eigenvalue weighted by Gasteiger charge is -2.29. The predicted molar refractivity (Wildman–Crippen MR) is 86.2 cm³/mol. The van der Waals surface area contributed by atoms with E-state index in [9.17, 15) is 0 Å². The molecule has 1 saturated carbocycles. The Labute approximate surface area is 126 Å². The van der Waals surface area contributed by atoms with Crippen molar-refractivity contribution in [3.8, 4) is 11.4 Å². The van der Waals surface area contributed by atoms with E-state index in [0.717, 1.165) is 28.8 Å². The number of H-pyrrole nitrogens is 1. The molecule has 4 heteroatoms. The summed E-state index contributed by atoms with van der Waals surface area (Å²) in [7, 11) is 0. The third-order valence-electron chi connectivity index (χ3n) is 4.47. The number of hydrogen-bond acceptors (Lipinski definition) is 3. The van der Waals surface area contributed by atoms with Crippen LogP contribution < -0.4 is 5.32 Å². The maximum atomic E-state index is 4.40. The molecule has 0 amide bonds. The summed E-state index contributed by atoms with van der Waals surface area (Å²) in [5.74, 6) is 2.41. The Bertz CT molecular complexity index is 584. The minimum Gasteiger partial charge on any atom is -0.382 e. The minimum absolute atomic E-state index is 0.523. The SMILES string of the molecule is Cc1nc(-c2cccc(NC(C)C3CCCCC3)c2)n[nH]1. The van der Waals surface area contributed by atoms with Crippen molar-refractivity contribution in [1.82, 2.24) is 15.2 Å². The van der Waals surface area contributed by atoms with E-state index in [2.05, 4.69) is 51.7 Å². The summed E-state index contributed by atoms with van der Waals surface area (Å²) in [6, 6.07) is 8.91. The van der Waals surface area contributed by atoms with Crippen molar-refractivity contribution >= 4 is 5.69 Å². The highest BCUT2D eigenvalue weighted by molar-refractivity contribution is 5.62. The molecule has 1 aromatic heterocycles. The summed E-state index contributed by atoms with van der Waals surface area (Å²) >= 11 is 0. The van der Waals surface area contributed by atoms with Gasteiger partial charge in [-0.05, 0) is 44.7 Å². The number of nitrogens with zero attached hydrogens (tertiary/aromatic N) is 2. The second-order valence-corrected chi connectivity index (χ2v) is 6.16. The van der Waals surface area contributed by atoms with Gasteiger partial charge in [-0.15, -0.1) is 0 Å². The molecule has 0 spiro atoms. The Kier molecular flexibility index (Phi) is 4.23. The van der Waals surface area contributed by atoms with Gasteiger partial charge in [0.1, 0.15) is 5.82 Å². The van der Waals surface area contributed by atoms with Crippen LogP contribution in [0.25, 0.3) is 11.4 Å². The molecule has 1 atom stereocenters. The van der Waals surface area contributed by atoms with Gasteiger partial charge in [-0.3, -0.25) is 5.10 Å².